The second kappa shape index (κ2) is 12.8. The monoisotopic (exact) mass is 522 g/mol. The quantitative estimate of drug-likeness (QED) is 0.248. The lowest BCUT2D eigenvalue weighted by Gasteiger charge is -2.11. The molecule has 4 aromatic rings. The van der Waals surface area contributed by atoms with Gasteiger partial charge in [0.1, 0.15) is 11.5 Å². The van der Waals surface area contributed by atoms with Gasteiger partial charge in [0.15, 0.2) is 13.2 Å². The van der Waals surface area contributed by atoms with Gasteiger partial charge in [-0.05, 0) is 104 Å². The summed E-state index contributed by atoms with van der Waals surface area (Å²) in [5.41, 5.74) is 7.82. The smallest absolute Gasteiger partial charge is 0.262 e. The molecule has 39 heavy (non-hydrogen) atoms. The molecule has 0 aliphatic carbocycles. The maximum absolute atomic E-state index is 12.3. The van der Waals surface area contributed by atoms with Crippen LogP contribution >= 0.6 is 0 Å². The molecule has 0 bridgehead atoms. The Morgan fingerprint density at radius 1 is 0.564 bits per heavy atom. The number of rotatable bonds is 10. The first kappa shape index (κ1) is 27.5. The van der Waals surface area contributed by atoms with Crippen LogP contribution in [0.15, 0.2) is 84.9 Å². The topological polar surface area (TPSA) is 76.7 Å². The molecule has 2 N–H and O–H groups in total. The van der Waals surface area contributed by atoms with Crippen molar-refractivity contribution in [1.82, 2.24) is 0 Å². The van der Waals surface area contributed by atoms with Crippen LogP contribution in [0.3, 0.4) is 0 Å². The standard InChI is InChI=1S/C33H34N2O4/c1-22-5-7-24(3)30(17-22)38-20-32(36)34-28-13-9-26(10-14-28)19-27-11-15-29(16-12-27)35-33(37)21-39-31-18-23(2)6-8-25(31)4/h5-18H,19-21H2,1-4H3,(H,34,36)(H,35,37). The van der Waals surface area contributed by atoms with Crippen LogP contribution in [0.4, 0.5) is 11.4 Å². The Labute approximate surface area is 230 Å². The van der Waals surface area contributed by atoms with Crippen molar-refractivity contribution in [2.45, 2.75) is 34.1 Å². The molecule has 0 aliphatic rings. The second-order valence-corrected chi connectivity index (χ2v) is 9.78. The highest BCUT2D eigenvalue weighted by Crippen LogP contribution is 2.21. The summed E-state index contributed by atoms with van der Waals surface area (Å²) in [6.07, 6.45) is 0.730. The number of anilines is 2. The Bertz CT molecular complexity index is 1330. The number of benzene rings is 4. The first-order chi connectivity index (χ1) is 18.7. The Hall–Kier alpha value is -4.58. The van der Waals surface area contributed by atoms with E-state index in [1.807, 2.05) is 113 Å². The molecule has 0 aromatic heterocycles. The van der Waals surface area contributed by atoms with E-state index in [0.29, 0.717) is 0 Å². The van der Waals surface area contributed by atoms with Crippen LogP contribution in [0.5, 0.6) is 11.5 Å². The van der Waals surface area contributed by atoms with Crippen LogP contribution in [0, 0.1) is 27.7 Å². The molecule has 200 valence electrons. The summed E-state index contributed by atoms with van der Waals surface area (Å²) < 4.78 is 11.4. The molecule has 0 saturated heterocycles. The molecular formula is C33H34N2O4. The number of aryl methyl sites for hydroxylation is 4. The highest BCUT2D eigenvalue weighted by Gasteiger charge is 2.08. The summed E-state index contributed by atoms with van der Waals surface area (Å²) in [5, 5.41) is 5.75. The molecule has 0 fully saturated rings. The Balaban J connectivity index is 1.23. The highest BCUT2D eigenvalue weighted by atomic mass is 16.5. The number of hydrogen-bond acceptors (Lipinski definition) is 4. The van der Waals surface area contributed by atoms with Crippen molar-refractivity contribution in [2.24, 2.45) is 0 Å². The van der Waals surface area contributed by atoms with E-state index >= 15 is 0 Å². The maximum Gasteiger partial charge on any atom is 0.262 e. The van der Waals surface area contributed by atoms with Crippen LogP contribution in [0.25, 0.3) is 0 Å². The van der Waals surface area contributed by atoms with E-state index in [-0.39, 0.29) is 25.0 Å². The third-order valence-electron chi connectivity index (χ3n) is 6.29. The number of amides is 2. The Kier molecular flexibility index (Phi) is 9.00. The number of ether oxygens (including phenoxy) is 2. The third-order valence-corrected chi connectivity index (χ3v) is 6.29. The minimum Gasteiger partial charge on any atom is -0.483 e. The van der Waals surface area contributed by atoms with Gasteiger partial charge in [-0.3, -0.25) is 9.59 Å². The van der Waals surface area contributed by atoms with Crippen LogP contribution in [0.2, 0.25) is 0 Å². The normalized spacial score (nSPS) is 10.6. The summed E-state index contributed by atoms with van der Waals surface area (Å²) in [7, 11) is 0. The zero-order valence-corrected chi connectivity index (χ0v) is 22.8. The lowest BCUT2D eigenvalue weighted by molar-refractivity contribution is -0.118. The molecular weight excluding hydrogens is 488 g/mol. The second-order valence-electron chi connectivity index (χ2n) is 9.78. The largest absolute Gasteiger partial charge is 0.483 e. The molecule has 0 spiro atoms. The minimum absolute atomic E-state index is 0.0490. The number of carbonyl (C=O) groups excluding carboxylic acids is 2. The summed E-state index contributed by atoms with van der Waals surface area (Å²) in [6, 6.07) is 27.3. The van der Waals surface area contributed by atoms with E-state index in [0.717, 1.165) is 62.7 Å². The van der Waals surface area contributed by atoms with Gasteiger partial charge in [-0.2, -0.15) is 0 Å². The maximum atomic E-state index is 12.3. The van der Waals surface area contributed by atoms with E-state index in [4.69, 9.17) is 9.47 Å². The average Bonchev–Trinajstić information content (AvgIpc) is 2.92. The lowest BCUT2D eigenvalue weighted by Crippen LogP contribution is -2.20. The number of carbonyl (C=O) groups is 2. The first-order valence-electron chi connectivity index (χ1n) is 12.9. The highest BCUT2D eigenvalue weighted by molar-refractivity contribution is 5.92. The molecule has 0 heterocycles. The average molecular weight is 523 g/mol. The predicted octanol–water partition coefficient (Wildman–Crippen LogP) is 6.55. The molecule has 0 unspecified atom stereocenters. The first-order valence-corrected chi connectivity index (χ1v) is 12.9. The van der Waals surface area contributed by atoms with E-state index in [1.165, 1.54) is 0 Å². The van der Waals surface area contributed by atoms with Crippen molar-refractivity contribution in [3.63, 3.8) is 0 Å². The van der Waals surface area contributed by atoms with E-state index in [2.05, 4.69) is 10.6 Å². The summed E-state index contributed by atoms with van der Waals surface area (Å²) in [5.74, 6) is 1.02. The molecule has 6 nitrogen and oxygen atoms in total. The van der Waals surface area contributed by atoms with Gasteiger partial charge >= 0.3 is 0 Å². The fourth-order valence-electron chi connectivity index (χ4n) is 4.05. The van der Waals surface area contributed by atoms with Crippen LogP contribution < -0.4 is 20.1 Å². The molecule has 0 saturated carbocycles. The zero-order chi connectivity index (χ0) is 27.8. The molecule has 4 rings (SSSR count). The summed E-state index contributed by atoms with van der Waals surface area (Å²) in [6.45, 7) is 7.80. The van der Waals surface area contributed by atoms with Gasteiger partial charge < -0.3 is 20.1 Å². The van der Waals surface area contributed by atoms with Gasteiger partial charge in [-0.1, -0.05) is 48.5 Å². The van der Waals surface area contributed by atoms with Gasteiger partial charge in [-0.25, -0.2) is 0 Å². The Morgan fingerprint density at radius 3 is 1.33 bits per heavy atom. The minimum atomic E-state index is -0.208. The van der Waals surface area contributed by atoms with E-state index in [9.17, 15) is 9.59 Å². The van der Waals surface area contributed by atoms with E-state index < -0.39 is 0 Å². The van der Waals surface area contributed by atoms with Gasteiger partial charge in [0, 0.05) is 11.4 Å². The fourth-order valence-corrected chi connectivity index (χ4v) is 4.05. The number of nitrogens with one attached hydrogen (secondary N) is 2. The molecule has 0 radical (unpaired) electrons. The van der Waals surface area contributed by atoms with Crippen LogP contribution in [-0.4, -0.2) is 25.0 Å². The van der Waals surface area contributed by atoms with Crippen molar-refractivity contribution < 1.29 is 19.1 Å². The number of hydrogen-bond donors (Lipinski definition) is 2. The molecule has 0 aliphatic heterocycles. The molecule has 0 atom stereocenters. The predicted molar refractivity (Wildman–Crippen MR) is 156 cm³/mol. The van der Waals surface area contributed by atoms with Gasteiger partial charge in [0.2, 0.25) is 0 Å². The fraction of sp³-hybridized carbons (Fsp3) is 0.212. The van der Waals surface area contributed by atoms with Gasteiger partial charge in [0.25, 0.3) is 11.8 Å². The Morgan fingerprint density at radius 2 is 0.949 bits per heavy atom. The van der Waals surface area contributed by atoms with Crippen molar-refractivity contribution in [3.8, 4) is 11.5 Å². The van der Waals surface area contributed by atoms with Crippen LogP contribution in [-0.2, 0) is 16.0 Å². The summed E-state index contributed by atoms with van der Waals surface area (Å²) in [4.78, 5) is 24.7. The van der Waals surface area contributed by atoms with Crippen molar-refractivity contribution >= 4 is 23.2 Å². The SMILES string of the molecule is Cc1ccc(C)c(OCC(=O)Nc2ccc(Cc3ccc(NC(=O)COc4cc(C)ccc4C)cc3)cc2)c1. The van der Waals surface area contributed by atoms with E-state index in [1.54, 1.807) is 0 Å². The summed E-state index contributed by atoms with van der Waals surface area (Å²) >= 11 is 0. The van der Waals surface area contributed by atoms with Gasteiger partial charge in [0.05, 0.1) is 0 Å². The lowest BCUT2D eigenvalue weighted by atomic mass is 10.0. The van der Waals surface area contributed by atoms with Gasteiger partial charge in [-0.15, -0.1) is 0 Å². The molecule has 2 amide bonds. The molecule has 4 aromatic carbocycles. The van der Waals surface area contributed by atoms with Crippen molar-refractivity contribution in [1.29, 1.82) is 0 Å². The van der Waals surface area contributed by atoms with Crippen molar-refractivity contribution in [3.05, 3.63) is 118 Å². The zero-order valence-electron chi connectivity index (χ0n) is 22.8. The van der Waals surface area contributed by atoms with Crippen molar-refractivity contribution in [2.75, 3.05) is 23.8 Å². The third kappa shape index (κ3) is 8.20. The van der Waals surface area contributed by atoms with Crippen LogP contribution in [0.1, 0.15) is 33.4 Å². The molecule has 6 heteroatoms.